The number of ether oxygens (including phenoxy) is 1. The smallest absolute Gasteiger partial charge is 0.251 e. The first-order chi connectivity index (χ1) is 8.52. The van der Waals surface area contributed by atoms with Gasteiger partial charge in [-0.3, -0.25) is 15.1 Å². The molecule has 0 aromatic heterocycles. The number of nitrogens with two attached hydrogens (primary N) is 1. The van der Waals surface area contributed by atoms with E-state index >= 15 is 0 Å². The van der Waals surface area contributed by atoms with Crippen molar-refractivity contribution in [2.24, 2.45) is 17.7 Å². The Bertz CT molecular complexity index is 267. The zero-order valence-electron chi connectivity index (χ0n) is 12.0. The fourth-order valence-electron chi connectivity index (χ4n) is 2.56. The van der Waals surface area contributed by atoms with E-state index in [-0.39, 0.29) is 17.9 Å². The van der Waals surface area contributed by atoms with Gasteiger partial charge < -0.3 is 4.74 Å². The molecule has 0 saturated heterocycles. The summed E-state index contributed by atoms with van der Waals surface area (Å²) >= 11 is 0. The van der Waals surface area contributed by atoms with E-state index in [1.807, 2.05) is 0 Å². The Morgan fingerprint density at radius 1 is 1.44 bits per heavy atom. The summed E-state index contributed by atoms with van der Waals surface area (Å²) in [6.45, 7) is 7.72. The second-order valence-electron chi connectivity index (χ2n) is 5.51. The van der Waals surface area contributed by atoms with Gasteiger partial charge in [0.15, 0.2) is 0 Å². The van der Waals surface area contributed by atoms with Crippen LogP contribution in [0.25, 0.3) is 0 Å². The molecule has 18 heavy (non-hydrogen) atoms. The van der Waals surface area contributed by atoms with Gasteiger partial charge in [-0.05, 0) is 31.6 Å². The highest BCUT2D eigenvalue weighted by Gasteiger charge is 2.38. The first-order valence-electron chi connectivity index (χ1n) is 6.78. The van der Waals surface area contributed by atoms with Crippen LogP contribution in [0.4, 0.5) is 0 Å². The average Bonchev–Trinajstić information content (AvgIpc) is 3.16. The molecule has 1 aliphatic rings. The third kappa shape index (κ3) is 3.93. The van der Waals surface area contributed by atoms with Crippen LogP contribution in [0.3, 0.4) is 0 Å². The predicted octanol–water partition coefficient (Wildman–Crippen LogP) is 0.748. The lowest BCUT2D eigenvalue weighted by Gasteiger charge is -2.37. The molecule has 1 amide bonds. The van der Waals surface area contributed by atoms with Crippen LogP contribution in [0.2, 0.25) is 0 Å². The fraction of sp³-hybridized carbons (Fsp3) is 0.923. The Balaban J connectivity index is 2.78. The van der Waals surface area contributed by atoms with Gasteiger partial charge in [0, 0.05) is 19.7 Å². The first-order valence-corrected chi connectivity index (χ1v) is 6.78. The lowest BCUT2D eigenvalue weighted by atomic mass is 9.98. The van der Waals surface area contributed by atoms with E-state index in [9.17, 15) is 4.79 Å². The minimum absolute atomic E-state index is 0.103. The molecule has 2 atom stereocenters. The van der Waals surface area contributed by atoms with Crippen molar-refractivity contribution in [1.82, 2.24) is 10.3 Å². The Labute approximate surface area is 110 Å². The third-order valence-electron chi connectivity index (χ3n) is 3.78. The van der Waals surface area contributed by atoms with Crippen molar-refractivity contribution in [3.63, 3.8) is 0 Å². The molecule has 1 aliphatic carbocycles. The number of rotatable bonds is 8. The van der Waals surface area contributed by atoms with Gasteiger partial charge in [0.05, 0.1) is 12.6 Å². The number of carbonyl (C=O) groups excluding carboxylic acids is 1. The number of hydrogen-bond acceptors (Lipinski definition) is 4. The molecule has 0 spiro atoms. The number of methoxy groups -OCH3 is 1. The molecule has 106 valence electrons. The summed E-state index contributed by atoms with van der Waals surface area (Å²) in [4.78, 5) is 14.2. The minimum Gasteiger partial charge on any atom is -0.383 e. The summed E-state index contributed by atoms with van der Waals surface area (Å²) in [5, 5.41) is 0. The largest absolute Gasteiger partial charge is 0.383 e. The van der Waals surface area contributed by atoms with Gasteiger partial charge in [0.2, 0.25) is 0 Å². The van der Waals surface area contributed by atoms with Crippen molar-refractivity contribution in [2.45, 2.75) is 45.7 Å². The molecule has 0 aromatic rings. The standard InChI is InChI=1S/C13H27N3O2/c1-9(2)12(13(17)15-14)16(7-8-18-4)10(3)11-5-6-11/h9-12H,5-8,14H2,1-4H3,(H,15,17). The van der Waals surface area contributed by atoms with Crippen LogP contribution in [0, 0.1) is 11.8 Å². The zero-order valence-corrected chi connectivity index (χ0v) is 12.0. The van der Waals surface area contributed by atoms with Crippen molar-refractivity contribution in [2.75, 3.05) is 20.3 Å². The number of carbonyl (C=O) groups is 1. The second-order valence-corrected chi connectivity index (χ2v) is 5.51. The Morgan fingerprint density at radius 2 is 2.06 bits per heavy atom. The maximum absolute atomic E-state index is 12.0. The van der Waals surface area contributed by atoms with E-state index in [1.165, 1.54) is 12.8 Å². The van der Waals surface area contributed by atoms with Crippen LogP contribution >= 0.6 is 0 Å². The molecule has 0 aliphatic heterocycles. The van der Waals surface area contributed by atoms with Crippen LogP contribution in [0.1, 0.15) is 33.6 Å². The number of hydrazine groups is 1. The third-order valence-corrected chi connectivity index (χ3v) is 3.78. The van der Waals surface area contributed by atoms with Gasteiger partial charge in [-0.25, -0.2) is 5.84 Å². The maximum Gasteiger partial charge on any atom is 0.251 e. The molecular formula is C13H27N3O2. The number of nitrogens with one attached hydrogen (secondary N) is 1. The van der Waals surface area contributed by atoms with Crippen molar-refractivity contribution in [3.8, 4) is 0 Å². The Hall–Kier alpha value is -0.650. The molecule has 5 nitrogen and oxygen atoms in total. The van der Waals surface area contributed by atoms with Gasteiger partial charge in [-0.2, -0.15) is 0 Å². The van der Waals surface area contributed by atoms with Gasteiger partial charge in [0.25, 0.3) is 5.91 Å². The highest BCUT2D eigenvalue weighted by Crippen LogP contribution is 2.36. The lowest BCUT2D eigenvalue weighted by molar-refractivity contribution is -0.129. The molecule has 3 N–H and O–H groups in total. The molecule has 1 fully saturated rings. The van der Waals surface area contributed by atoms with E-state index in [4.69, 9.17) is 10.6 Å². The van der Waals surface area contributed by atoms with Crippen molar-refractivity contribution < 1.29 is 9.53 Å². The monoisotopic (exact) mass is 257 g/mol. The molecule has 2 unspecified atom stereocenters. The molecule has 5 heteroatoms. The molecule has 0 aromatic carbocycles. The van der Waals surface area contributed by atoms with E-state index in [0.717, 1.165) is 6.54 Å². The average molecular weight is 257 g/mol. The van der Waals surface area contributed by atoms with E-state index in [2.05, 4.69) is 31.1 Å². The SMILES string of the molecule is COCCN(C(C)C1CC1)C(C(=O)NN)C(C)C. The van der Waals surface area contributed by atoms with Crippen molar-refractivity contribution in [1.29, 1.82) is 0 Å². The van der Waals surface area contributed by atoms with Crippen molar-refractivity contribution in [3.05, 3.63) is 0 Å². The van der Waals surface area contributed by atoms with Crippen molar-refractivity contribution >= 4 is 5.91 Å². The van der Waals surface area contributed by atoms with Crippen LogP contribution in [-0.2, 0) is 9.53 Å². The number of hydrogen-bond donors (Lipinski definition) is 2. The second kappa shape index (κ2) is 7.07. The van der Waals surface area contributed by atoms with Crippen LogP contribution in [0.15, 0.2) is 0 Å². The van der Waals surface area contributed by atoms with Crippen LogP contribution in [0.5, 0.6) is 0 Å². The molecule has 0 radical (unpaired) electrons. The number of nitrogens with zero attached hydrogens (tertiary/aromatic N) is 1. The number of amides is 1. The van der Waals surface area contributed by atoms with E-state index in [0.29, 0.717) is 18.6 Å². The van der Waals surface area contributed by atoms with Gasteiger partial charge >= 0.3 is 0 Å². The fourth-order valence-corrected chi connectivity index (χ4v) is 2.56. The van der Waals surface area contributed by atoms with Crippen LogP contribution in [-0.4, -0.2) is 43.2 Å². The highest BCUT2D eigenvalue weighted by atomic mass is 16.5. The summed E-state index contributed by atoms with van der Waals surface area (Å²) in [6, 6.07) is 0.227. The summed E-state index contributed by atoms with van der Waals surface area (Å²) < 4.78 is 5.16. The van der Waals surface area contributed by atoms with Crippen LogP contribution < -0.4 is 11.3 Å². The summed E-state index contributed by atoms with van der Waals surface area (Å²) in [7, 11) is 1.69. The van der Waals surface area contributed by atoms with Gasteiger partial charge in [0.1, 0.15) is 0 Å². The lowest BCUT2D eigenvalue weighted by Crippen LogP contribution is -2.55. The maximum atomic E-state index is 12.0. The minimum atomic E-state index is -0.180. The van der Waals surface area contributed by atoms with E-state index in [1.54, 1.807) is 7.11 Å². The summed E-state index contributed by atoms with van der Waals surface area (Å²) in [6.07, 6.45) is 2.53. The summed E-state index contributed by atoms with van der Waals surface area (Å²) in [5.41, 5.74) is 2.30. The zero-order chi connectivity index (χ0) is 13.7. The van der Waals surface area contributed by atoms with E-state index < -0.39 is 0 Å². The Kier molecular flexibility index (Phi) is 6.05. The highest BCUT2D eigenvalue weighted by molar-refractivity contribution is 5.81. The predicted molar refractivity (Wildman–Crippen MR) is 71.7 cm³/mol. The first kappa shape index (κ1) is 15.4. The molecule has 0 heterocycles. The van der Waals surface area contributed by atoms with Gasteiger partial charge in [-0.15, -0.1) is 0 Å². The quantitative estimate of drug-likeness (QED) is 0.382. The Morgan fingerprint density at radius 3 is 2.44 bits per heavy atom. The molecule has 0 bridgehead atoms. The van der Waals surface area contributed by atoms with Gasteiger partial charge in [-0.1, -0.05) is 13.8 Å². The molecule has 1 saturated carbocycles. The summed E-state index contributed by atoms with van der Waals surface area (Å²) in [5.74, 6) is 6.15. The normalized spacial score (nSPS) is 19.1. The molecular weight excluding hydrogens is 230 g/mol. The molecule has 1 rings (SSSR count). The topological polar surface area (TPSA) is 67.6 Å².